The van der Waals surface area contributed by atoms with E-state index >= 15 is 0 Å². The smallest absolute Gasteiger partial charge is 0.115 e. The average Bonchev–Trinajstić information content (AvgIpc) is 2.74. The van der Waals surface area contributed by atoms with E-state index in [0.29, 0.717) is 10.9 Å². The summed E-state index contributed by atoms with van der Waals surface area (Å²) in [6, 6.07) is 1.80. The van der Waals surface area contributed by atoms with E-state index in [-0.39, 0.29) is 6.10 Å². The molecule has 0 aliphatic carbocycles. The Balaban J connectivity index is 2.16. The lowest BCUT2D eigenvalue weighted by atomic mass is 9.99. The summed E-state index contributed by atoms with van der Waals surface area (Å²) in [6.45, 7) is 2.84. The molecule has 15 heavy (non-hydrogen) atoms. The first-order valence-corrected chi connectivity index (χ1v) is 6.82. The third-order valence-corrected chi connectivity index (χ3v) is 5.26. The molecule has 1 saturated heterocycles. The lowest BCUT2D eigenvalue weighted by molar-refractivity contribution is -0.0160. The molecular weight excluding hydrogens is 300 g/mol. The van der Waals surface area contributed by atoms with Crippen molar-refractivity contribution in [3.63, 3.8) is 0 Å². The van der Waals surface area contributed by atoms with Crippen molar-refractivity contribution < 1.29 is 9.84 Å². The Morgan fingerprint density at radius 3 is 2.93 bits per heavy atom. The maximum atomic E-state index is 10.1. The van der Waals surface area contributed by atoms with Gasteiger partial charge in [0.1, 0.15) is 6.10 Å². The monoisotopic (exact) mass is 310 g/mol. The Morgan fingerprint density at radius 1 is 1.73 bits per heavy atom. The van der Waals surface area contributed by atoms with Crippen molar-refractivity contribution in [2.24, 2.45) is 5.92 Å². The molecule has 0 bridgehead atoms. The van der Waals surface area contributed by atoms with Gasteiger partial charge < -0.3 is 9.84 Å². The molecule has 0 aromatic carbocycles. The largest absolute Gasteiger partial charge is 0.385 e. The topological polar surface area (TPSA) is 29.5 Å². The summed E-state index contributed by atoms with van der Waals surface area (Å²) in [7, 11) is 0. The van der Waals surface area contributed by atoms with Gasteiger partial charge in [0.05, 0.1) is 14.9 Å². The molecule has 0 saturated carbocycles. The van der Waals surface area contributed by atoms with Crippen LogP contribution >= 0.6 is 38.9 Å². The molecule has 3 atom stereocenters. The van der Waals surface area contributed by atoms with Crippen LogP contribution in [0.15, 0.2) is 9.85 Å². The number of ether oxygens (including phenoxy) is 1. The van der Waals surface area contributed by atoms with Crippen molar-refractivity contribution in [3.05, 3.63) is 19.8 Å². The molecule has 0 amide bonds. The second-order valence-electron chi connectivity index (χ2n) is 3.82. The predicted molar refractivity (Wildman–Crippen MR) is 65.5 cm³/mol. The van der Waals surface area contributed by atoms with Crippen molar-refractivity contribution in [2.75, 3.05) is 6.61 Å². The van der Waals surface area contributed by atoms with E-state index in [1.54, 1.807) is 6.07 Å². The molecule has 1 fully saturated rings. The quantitative estimate of drug-likeness (QED) is 0.904. The van der Waals surface area contributed by atoms with E-state index in [1.807, 2.05) is 0 Å². The summed E-state index contributed by atoms with van der Waals surface area (Å²) in [6.07, 6.45) is 0.366. The summed E-state index contributed by atoms with van der Waals surface area (Å²) < 4.78 is 6.39. The highest BCUT2D eigenvalue weighted by Gasteiger charge is 2.32. The SMILES string of the molecule is CC1CCOC1C(O)c1cc(Cl)c(Br)s1. The van der Waals surface area contributed by atoms with E-state index in [4.69, 9.17) is 16.3 Å². The molecule has 1 aromatic rings. The summed E-state index contributed by atoms with van der Waals surface area (Å²) in [5, 5.41) is 10.8. The van der Waals surface area contributed by atoms with Crippen LogP contribution in [0.25, 0.3) is 0 Å². The minimum Gasteiger partial charge on any atom is -0.385 e. The fourth-order valence-electron chi connectivity index (χ4n) is 1.79. The van der Waals surface area contributed by atoms with Gasteiger partial charge in [-0.25, -0.2) is 0 Å². The van der Waals surface area contributed by atoms with Crippen LogP contribution in [0.5, 0.6) is 0 Å². The van der Waals surface area contributed by atoms with Gasteiger partial charge in [-0.1, -0.05) is 18.5 Å². The van der Waals surface area contributed by atoms with Crippen LogP contribution in [-0.2, 0) is 4.74 Å². The standard InChI is InChI=1S/C10H12BrClO2S/c1-5-2-3-14-9(5)8(13)7-4-6(12)10(11)15-7/h4-5,8-9,13H,2-3H2,1H3. The zero-order valence-electron chi connectivity index (χ0n) is 8.24. The van der Waals surface area contributed by atoms with Gasteiger partial charge in [-0.15, -0.1) is 11.3 Å². The Labute approximate surface area is 106 Å². The van der Waals surface area contributed by atoms with Gasteiger partial charge in [-0.2, -0.15) is 0 Å². The number of hydrogen-bond donors (Lipinski definition) is 1. The first-order valence-electron chi connectivity index (χ1n) is 4.84. The molecule has 2 rings (SSSR count). The van der Waals surface area contributed by atoms with Crippen molar-refractivity contribution in [3.8, 4) is 0 Å². The van der Waals surface area contributed by atoms with Gasteiger partial charge in [0.2, 0.25) is 0 Å². The van der Waals surface area contributed by atoms with Crippen molar-refractivity contribution in [1.29, 1.82) is 0 Å². The van der Waals surface area contributed by atoms with Crippen LogP contribution < -0.4 is 0 Å². The van der Waals surface area contributed by atoms with Crippen molar-refractivity contribution >= 4 is 38.9 Å². The molecule has 1 aliphatic rings. The van der Waals surface area contributed by atoms with Crippen LogP contribution in [-0.4, -0.2) is 17.8 Å². The lowest BCUT2D eigenvalue weighted by Gasteiger charge is -2.19. The van der Waals surface area contributed by atoms with Crippen molar-refractivity contribution in [1.82, 2.24) is 0 Å². The number of aliphatic hydroxyl groups excluding tert-OH is 1. The number of halogens is 2. The fraction of sp³-hybridized carbons (Fsp3) is 0.600. The highest BCUT2D eigenvalue weighted by Crippen LogP contribution is 2.39. The molecule has 2 heterocycles. The molecular formula is C10H12BrClO2S. The second-order valence-corrected chi connectivity index (χ2v) is 6.63. The maximum Gasteiger partial charge on any atom is 0.115 e. The van der Waals surface area contributed by atoms with Gasteiger partial charge in [0.25, 0.3) is 0 Å². The number of thiophene rings is 1. The molecule has 84 valence electrons. The number of aliphatic hydroxyl groups is 1. The van der Waals surface area contributed by atoms with E-state index in [0.717, 1.165) is 21.7 Å². The Bertz CT molecular complexity index is 336. The van der Waals surface area contributed by atoms with Gasteiger partial charge in [0, 0.05) is 11.5 Å². The first kappa shape index (κ1) is 11.9. The highest BCUT2D eigenvalue weighted by molar-refractivity contribution is 9.11. The van der Waals surface area contributed by atoms with Crippen molar-refractivity contribution in [2.45, 2.75) is 25.6 Å². The molecule has 1 aromatic heterocycles. The zero-order valence-corrected chi connectivity index (χ0v) is 11.4. The fourth-order valence-corrected chi connectivity index (χ4v) is 3.56. The van der Waals surface area contributed by atoms with E-state index < -0.39 is 6.10 Å². The predicted octanol–water partition coefficient (Wildman–Crippen LogP) is 3.62. The van der Waals surface area contributed by atoms with Gasteiger partial charge in [-0.05, 0) is 34.3 Å². The molecule has 2 nitrogen and oxygen atoms in total. The highest BCUT2D eigenvalue weighted by atomic mass is 79.9. The van der Waals surface area contributed by atoms with Crippen LogP contribution in [0.3, 0.4) is 0 Å². The molecule has 5 heteroatoms. The number of hydrogen-bond acceptors (Lipinski definition) is 3. The Kier molecular flexibility index (Phi) is 3.73. The van der Waals surface area contributed by atoms with Gasteiger partial charge >= 0.3 is 0 Å². The van der Waals surface area contributed by atoms with Crippen LogP contribution in [0.4, 0.5) is 0 Å². The third kappa shape index (κ3) is 2.39. The normalized spacial score (nSPS) is 28.3. The zero-order chi connectivity index (χ0) is 11.0. The van der Waals surface area contributed by atoms with Gasteiger partial charge in [0.15, 0.2) is 0 Å². The minimum atomic E-state index is -0.559. The Morgan fingerprint density at radius 2 is 2.47 bits per heavy atom. The maximum absolute atomic E-state index is 10.1. The summed E-state index contributed by atoms with van der Waals surface area (Å²) >= 11 is 10.7. The summed E-state index contributed by atoms with van der Waals surface area (Å²) in [5.74, 6) is 0.402. The number of rotatable bonds is 2. The molecule has 3 unspecified atom stereocenters. The van der Waals surface area contributed by atoms with E-state index in [9.17, 15) is 5.11 Å². The van der Waals surface area contributed by atoms with Crippen LogP contribution in [0.2, 0.25) is 5.02 Å². The molecule has 1 N–H and O–H groups in total. The third-order valence-electron chi connectivity index (χ3n) is 2.71. The Hall–Kier alpha value is 0.390. The molecule has 0 spiro atoms. The average molecular weight is 312 g/mol. The van der Waals surface area contributed by atoms with Crippen LogP contribution in [0.1, 0.15) is 24.3 Å². The van der Waals surface area contributed by atoms with Gasteiger partial charge in [-0.3, -0.25) is 0 Å². The second kappa shape index (κ2) is 4.72. The van der Waals surface area contributed by atoms with Crippen LogP contribution in [0, 0.1) is 5.92 Å². The van der Waals surface area contributed by atoms with E-state index in [2.05, 4.69) is 22.9 Å². The lowest BCUT2D eigenvalue weighted by Crippen LogP contribution is -2.22. The molecule has 1 aliphatic heterocycles. The van der Waals surface area contributed by atoms with E-state index in [1.165, 1.54) is 11.3 Å². The first-order chi connectivity index (χ1) is 7.09. The molecule has 0 radical (unpaired) electrons. The summed E-state index contributed by atoms with van der Waals surface area (Å²) in [4.78, 5) is 0.866. The minimum absolute atomic E-state index is 0.0911. The summed E-state index contributed by atoms with van der Waals surface area (Å²) in [5.41, 5.74) is 0.